The molecule has 16 heavy (non-hydrogen) atoms. The number of amides is 1. The van der Waals surface area contributed by atoms with Crippen LogP contribution >= 0.6 is 0 Å². The van der Waals surface area contributed by atoms with Crippen LogP contribution in [-0.2, 0) is 0 Å². The van der Waals surface area contributed by atoms with Gasteiger partial charge in [-0.15, -0.1) is 0 Å². The molecule has 1 unspecified atom stereocenters. The van der Waals surface area contributed by atoms with Gasteiger partial charge in [-0.05, 0) is 39.9 Å². The van der Waals surface area contributed by atoms with Crippen LogP contribution in [0.25, 0.3) is 0 Å². The van der Waals surface area contributed by atoms with Crippen molar-refractivity contribution in [2.24, 2.45) is 0 Å². The van der Waals surface area contributed by atoms with Crippen LogP contribution in [0.3, 0.4) is 0 Å². The van der Waals surface area contributed by atoms with E-state index >= 15 is 0 Å². The summed E-state index contributed by atoms with van der Waals surface area (Å²) >= 11 is 0. The average molecular weight is 229 g/mol. The number of carboxylic acid groups (broad SMARTS) is 1. The lowest BCUT2D eigenvalue weighted by Gasteiger charge is -2.22. The van der Waals surface area contributed by atoms with E-state index in [-0.39, 0.29) is 6.04 Å². The van der Waals surface area contributed by atoms with Crippen LogP contribution in [0.15, 0.2) is 0 Å². The van der Waals surface area contributed by atoms with Gasteiger partial charge in [0, 0.05) is 25.7 Å². The van der Waals surface area contributed by atoms with E-state index in [9.17, 15) is 4.79 Å². The van der Waals surface area contributed by atoms with Crippen molar-refractivity contribution in [3.05, 3.63) is 0 Å². The van der Waals surface area contributed by atoms with Crippen molar-refractivity contribution < 1.29 is 9.90 Å². The van der Waals surface area contributed by atoms with Gasteiger partial charge < -0.3 is 20.2 Å². The monoisotopic (exact) mass is 229 g/mol. The van der Waals surface area contributed by atoms with Gasteiger partial charge in [0.25, 0.3) is 0 Å². The maximum absolute atomic E-state index is 10.5. The summed E-state index contributed by atoms with van der Waals surface area (Å²) in [6.07, 6.45) is 2.08. The van der Waals surface area contributed by atoms with E-state index in [1.54, 1.807) is 0 Å². The summed E-state index contributed by atoms with van der Waals surface area (Å²) in [6, 6.07) is 0.141. The molecule has 1 amide bonds. The highest BCUT2D eigenvalue weighted by Gasteiger charge is 2.17. The third-order valence-corrected chi connectivity index (χ3v) is 3.01. The van der Waals surface area contributed by atoms with E-state index in [1.165, 1.54) is 0 Å². The molecule has 0 radical (unpaired) electrons. The zero-order valence-electron chi connectivity index (χ0n) is 10.3. The van der Waals surface area contributed by atoms with Crippen molar-refractivity contribution in [2.45, 2.75) is 25.3 Å². The molecule has 0 aromatic rings. The highest BCUT2D eigenvalue weighted by atomic mass is 16.4. The summed E-state index contributed by atoms with van der Waals surface area (Å²) in [5.41, 5.74) is 0. The standard InChI is InChI=1S/C11H23N3O2/c1-13(2)8-9-14-6-3-4-10(5-7-14)12-11(15)16/h10,12H,3-9H2,1-2H3,(H,15,16). The maximum Gasteiger partial charge on any atom is 0.404 e. The summed E-state index contributed by atoms with van der Waals surface area (Å²) < 4.78 is 0. The van der Waals surface area contributed by atoms with Gasteiger partial charge >= 0.3 is 6.09 Å². The second kappa shape index (κ2) is 6.70. The van der Waals surface area contributed by atoms with Crippen LogP contribution in [0.5, 0.6) is 0 Å². The van der Waals surface area contributed by atoms with E-state index in [1.807, 2.05) is 0 Å². The minimum Gasteiger partial charge on any atom is -0.465 e. The van der Waals surface area contributed by atoms with Crippen LogP contribution in [0, 0.1) is 0 Å². The zero-order valence-corrected chi connectivity index (χ0v) is 10.3. The highest BCUT2D eigenvalue weighted by molar-refractivity contribution is 5.64. The van der Waals surface area contributed by atoms with Crippen LogP contribution in [0.1, 0.15) is 19.3 Å². The molecule has 0 bridgehead atoms. The highest BCUT2D eigenvalue weighted by Crippen LogP contribution is 2.10. The van der Waals surface area contributed by atoms with E-state index < -0.39 is 6.09 Å². The molecule has 0 aromatic carbocycles. The predicted molar refractivity (Wildman–Crippen MR) is 63.8 cm³/mol. The van der Waals surface area contributed by atoms with Crippen molar-refractivity contribution in [3.63, 3.8) is 0 Å². The molecule has 94 valence electrons. The molecule has 1 aliphatic rings. The van der Waals surface area contributed by atoms with Crippen LogP contribution in [0.4, 0.5) is 4.79 Å². The van der Waals surface area contributed by atoms with E-state index in [2.05, 4.69) is 29.2 Å². The van der Waals surface area contributed by atoms with Gasteiger partial charge in [0.15, 0.2) is 0 Å². The summed E-state index contributed by atoms with van der Waals surface area (Å²) in [6.45, 7) is 4.23. The average Bonchev–Trinajstić information content (AvgIpc) is 2.39. The summed E-state index contributed by atoms with van der Waals surface area (Å²) in [5, 5.41) is 11.3. The second-order valence-corrected chi connectivity index (χ2v) is 4.72. The summed E-state index contributed by atoms with van der Waals surface area (Å²) in [4.78, 5) is 15.1. The van der Waals surface area contributed by atoms with Crippen LogP contribution in [0.2, 0.25) is 0 Å². The number of nitrogens with zero attached hydrogens (tertiary/aromatic N) is 2. The van der Waals surface area contributed by atoms with Crippen molar-refractivity contribution in [3.8, 4) is 0 Å². The first-order chi connectivity index (χ1) is 7.58. The fourth-order valence-electron chi connectivity index (χ4n) is 2.04. The van der Waals surface area contributed by atoms with E-state index in [4.69, 9.17) is 5.11 Å². The van der Waals surface area contributed by atoms with Gasteiger partial charge in [0.05, 0.1) is 0 Å². The van der Waals surface area contributed by atoms with Crippen molar-refractivity contribution >= 4 is 6.09 Å². The zero-order chi connectivity index (χ0) is 12.0. The van der Waals surface area contributed by atoms with Gasteiger partial charge in [-0.1, -0.05) is 0 Å². The van der Waals surface area contributed by atoms with Crippen molar-refractivity contribution in [2.75, 3.05) is 40.3 Å². The minimum absolute atomic E-state index is 0.141. The predicted octanol–water partition coefficient (Wildman–Crippen LogP) is 0.670. The largest absolute Gasteiger partial charge is 0.465 e. The lowest BCUT2D eigenvalue weighted by Crippen LogP contribution is -2.36. The number of rotatable bonds is 4. The Morgan fingerprint density at radius 2 is 2.19 bits per heavy atom. The molecule has 0 saturated carbocycles. The first kappa shape index (κ1) is 13.3. The number of likely N-dealkylation sites (N-methyl/N-ethyl adjacent to an activating group) is 1. The molecule has 0 aliphatic carbocycles. The molecule has 1 rings (SSSR count). The fourth-order valence-corrected chi connectivity index (χ4v) is 2.04. The minimum atomic E-state index is -0.897. The molecular weight excluding hydrogens is 206 g/mol. The van der Waals surface area contributed by atoms with E-state index in [0.717, 1.165) is 45.4 Å². The quantitative estimate of drug-likeness (QED) is 0.744. The Morgan fingerprint density at radius 3 is 2.81 bits per heavy atom. The van der Waals surface area contributed by atoms with Gasteiger partial charge in [-0.3, -0.25) is 0 Å². The first-order valence-corrected chi connectivity index (χ1v) is 5.94. The Balaban J connectivity index is 2.26. The Kier molecular flexibility index (Phi) is 5.55. The molecule has 0 spiro atoms. The SMILES string of the molecule is CN(C)CCN1CCCC(NC(=O)O)CC1. The summed E-state index contributed by atoms with van der Waals surface area (Å²) in [5.74, 6) is 0. The number of hydrogen-bond donors (Lipinski definition) is 2. The second-order valence-electron chi connectivity index (χ2n) is 4.72. The topological polar surface area (TPSA) is 55.8 Å². The Morgan fingerprint density at radius 1 is 1.44 bits per heavy atom. The lowest BCUT2D eigenvalue weighted by atomic mass is 10.1. The Labute approximate surface area is 97.4 Å². The molecule has 2 N–H and O–H groups in total. The van der Waals surface area contributed by atoms with Crippen molar-refractivity contribution in [1.82, 2.24) is 15.1 Å². The molecule has 1 heterocycles. The summed E-state index contributed by atoms with van der Waals surface area (Å²) in [7, 11) is 4.15. The van der Waals surface area contributed by atoms with Gasteiger partial charge in [0.2, 0.25) is 0 Å². The number of carbonyl (C=O) groups is 1. The van der Waals surface area contributed by atoms with Crippen LogP contribution in [-0.4, -0.2) is 67.3 Å². The van der Waals surface area contributed by atoms with Gasteiger partial charge in [0.1, 0.15) is 0 Å². The molecule has 5 heteroatoms. The number of nitrogens with one attached hydrogen (secondary N) is 1. The molecular formula is C11H23N3O2. The molecule has 1 fully saturated rings. The van der Waals surface area contributed by atoms with E-state index in [0.29, 0.717) is 0 Å². The lowest BCUT2D eigenvalue weighted by molar-refractivity contribution is 0.188. The number of likely N-dealkylation sites (tertiary alicyclic amines) is 1. The Bertz CT molecular complexity index is 221. The molecule has 1 atom stereocenters. The number of hydrogen-bond acceptors (Lipinski definition) is 3. The Hall–Kier alpha value is -0.810. The first-order valence-electron chi connectivity index (χ1n) is 5.94. The molecule has 5 nitrogen and oxygen atoms in total. The normalized spacial score (nSPS) is 23.1. The van der Waals surface area contributed by atoms with Gasteiger partial charge in [-0.2, -0.15) is 0 Å². The molecule has 1 saturated heterocycles. The van der Waals surface area contributed by atoms with Gasteiger partial charge in [-0.25, -0.2) is 4.79 Å². The molecule has 1 aliphatic heterocycles. The third kappa shape index (κ3) is 5.32. The fraction of sp³-hybridized carbons (Fsp3) is 0.909. The maximum atomic E-state index is 10.5. The van der Waals surface area contributed by atoms with Crippen LogP contribution < -0.4 is 5.32 Å². The smallest absolute Gasteiger partial charge is 0.404 e. The molecule has 0 aromatic heterocycles. The third-order valence-electron chi connectivity index (χ3n) is 3.01. The van der Waals surface area contributed by atoms with Crippen molar-refractivity contribution in [1.29, 1.82) is 0 Å².